The Balaban J connectivity index is 1.97. The van der Waals surface area contributed by atoms with Crippen LogP contribution in [0.25, 0.3) is 23.2 Å². The zero-order chi connectivity index (χ0) is 23.3. The van der Waals surface area contributed by atoms with E-state index in [1.807, 2.05) is 0 Å². The highest BCUT2D eigenvalue weighted by molar-refractivity contribution is 7.90. The van der Waals surface area contributed by atoms with Gasteiger partial charge in [-0.25, -0.2) is 18.4 Å². The highest BCUT2D eigenvalue weighted by Gasteiger charge is 2.38. The first kappa shape index (κ1) is 21.6. The van der Waals surface area contributed by atoms with Crippen molar-refractivity contribution >= 4 is 27.5 Å². The Hall–Kier alpha value is -3.67. The molecule has 1 aliphatic rings. The smallest absolute Gasteiger partial charge is 0.463 e. The maximum atomic E-state index is 13.0. The quantitative estimate of drug-likeness (QED) is 0.542. The predicted molar refractivity (Wildman–Crippen MR) is 106 cm³/mol. The number of carbonyl (C=O) groups excluding carboxylic acids is 1. The van der Waals surface area contributed by atoms with Crippen molar-refractivity contribution in [3.63, 3.8) is 0 Å². The molecule has 2 aromatic heterocycles. The lowest BCUT2D eigenvalue weighted by Gasteiger charge is -2.14. The van der Waals surface area contributed by atoms with E-state index in [0.29, 0.717) is 0 Å². The second-order valence-corrected chi connectivity index (χ2v) is 8.72. The van der Waals surface area contributed by atoms with E-state index in [4.69, 9.17) is 4.42 Å². The van der Waals surface area contributed by atoms with Crippen molar-refractivity contribution in [3.8, 4) is 17.2 Å². The van der Waals surface area contributed by atoms with Crippen molar-refractivity contribution in [2.24, 2.45) is 0 Å². The van der Waals surface area contributed by atoms with Crippen molar-refractivity contribution in [1.82, 2.24) is 14.9 Å². The van der Waals surface area contributed by atoms with Gasteiger partial charge in [-0.3, -0.25) is 4.79 Å². The Morgan fingerprint density at radius 2 is 1.78 bits per heavy atom. The largest absolute Gasteiger partial charge is 0.573 e. The minimum atomic E-state index is -4.93. The summed E-state index contributed by atoms with van der Waals surface area (Å²) >= 11 is 0. The Kier molecular flexibility index (Phi) is 5.04. The zero-order valence-corrected chi connectivity index (χ0v) is 17.4. The van der Waals surface area contributed by atoms with Gasteiger partial charge >= 0.3 is 6.36 Å². The number of hydrogen-bond donors (Lipinski definition) is 0. The Labute approximate surface area is 179 Å². The van der Waals surface area contributed by atoms with E-state index >= 15 is 0 Å². The van der Waals surface area contributed by atoms with Gasteiger partial charge in [0.15, 0.2) is 5.76 Å². The second kappa shape index (κ2) is 7.48. The number of hydrogen-bond acceptors (Lipinski definition) is 7. The SMILES string of the molecule is CN1C(=O)c2c(nc(S(C)(=O)=O)nc2-c2ccco2)/C1=C/c1ccccc1OC(F)(F)F. The summed E-state index contributed by atoms with van der Waals surface area (Å²) in [6.07, 6.45) is -1.44. The molecule has 0 fully saturated rings. The summed E-state index contributed by atoms with van der Waals surface area (Å²) in [4.78, 5) is 22.2. The second-order valence-electron chi connectivity index (χ2n) is 6.81. The number of nitrogens with zero attached hydrogens (tertiary/aromatic N) is 3. The highest BCUT2D eigenvalue weighted by Crippen LogP contribution is 2.39. The third-order valence-electron chi connectivity index (χ3n) is 4.53. The van der Waals surface area contributed by atoms with E-state index in [1.165, 1.54) is 49.7 Å². The molecule has 0 atom stereocenters. The van der Waals surface area contributed by atoms with Crippen LogP contribution in [0.3, 0.4) is 0 Å². The first-order valence-corrected chi connectivity index (χ1v) is 10.9. The predicted octanol–water partition coefficient (Wildman–Crippen LogP) is 3.62. The summed E-state index contributed by atoms with van der Waals surface area (Å²) in [6.45, 7) is 0. The monoisotopic (exact) mass is 465 g/mol. The van der Waals surface area contributed by atoms with Crippen LogP contribution in [0.4, 0.5) is 13.2 Å². The fourth-order valence-electron chi connectivity index (χ4n) is 3.15. The van der Waals surface area contributed by atoms with Crippen molar-refractivity contribution in [1.29, 1.82) is 0 Å². The van der Waals surface area contributed by atoms with Gasteiger partial charge in [0.1, 0.15) is 17.1 Å². The van der Waals surface area contributed by atoms with Crippen molar-refractivity contribution in [3.05, 3.63) is 59.5 Å². The van der Waals surface area contributed by atoms with Crippen LogP contribution in [0.5, 0.6) is 5.75 Å². The van der Waals surface area contributed by atoms with Gasteiger partial charge in [-0.1, -0.05) is 18.2 Å². The van der Waals surface area contributed by atoms with Crippen LogP contribution in [-0.4, -0.2) is 48.9 Å². The number of rotatable bonds is 4. The van der Waals surface area contributed by atoms with E-state index < -0.39 is 33.0 Å². The van der Waals surface area contributed by atoms with E-state index in [9.17, 15) is 26.4 Å². The van der Waals surface area contributed by atoms with Gasteiger partial charge < -0.3 is 14.1 Å². The lowest BCUT2D eigenvalue weighted by Crippen LogP contribution is -2.18. The molecule has 3 heterocycles. The van der Waals surface area contributed by atoms with E-state index in [0.717, 1.165) is 17.2 Å². The van der Waals surface area contributed by atoms with Crippen LogP contribution in [0.1, 0.15) is 21.6 Å². The Morgan fingerprint density at radius 3 is 2.41 bits per heavy atom. The highest BCUT2D eigenvalue weighted by atomic mass is 32.2. The number of para-hydroxylation sites is 1. The van der Waals surface area contributed by atoms with Crippen LogP contribution < -0.4 is 4.74 Å². The van der Waals surface area contributed by atoms with Crippen molar-refractivity contribution < 1.29 is 35.5 Å². The number of amides is 1. The molecule has 0 saturated heterocycles. The summed E-state index contributed by atoms with van der Waals surface area (Å²) in [5.74, 6) is -0.935. The van der Waals surface area contributed by atoms with Crippen LogP contribution in [0.2, 0.25) is 0 Å². The van der Waals surface area contributed by atoms with Crippen LogP contribution >= 0.6 is 0 Å². The number of halogens is 3. The molecule has 4 rings (SSSR count). The summed E-state index contributed by atoms with van der Waals surface area (Å²) < 4.78 is 72.1. The molecular weight excluding hydrogens is 451 g/mol. The maximum absolute atomic E-state index is 13.0. The molecule has 1 aromatic carbocycles. The molecule has 166 valence electrons. The molecule has 32 heavy (non-hydrogen) atoms. The molecular formula is C20H14F3N3O5S. The van der Waals surface area contributed by atoms with E-state index in [1.54, 1.807) is 0 Å². The van der Waals surface area contributed by atoms with Gasteiger partial charge in [0.2, 0.25) is 15.0 Å². The zero-order valence-electron chi connectivity index (χ0n) is 16.5. The topological polar surface area (TPSA) is 103 Å². The van der Waals surface area contributed by atoms with Crippen LogP contribution in [-0.2, 0) is 9.84 Å². The minimum Gasteiger partial charge on any atom is -0.463 e. The normalized spacial score (nSPS) is 15.3. The van der Waals surface area contributed by atoms with E-state index in [-0.39, 0.29) is 34.0 Å². The molecule has 0 radical (unpaired) electrons. The van der Waals surface area contributed by atoms with E-state index in [2.05, 4.69) is 14.7 Å². The van der Waals surface area contributed by atoms with Gasteiger partial charge in [-0.15, -0.1) is 13.2 Å². The molecule has 0 bridgehead atoms. The number of benzene rings is 1. The molecule has 0 spiro atoms. The summed E-state index contributed by atoms with van der Waals surface area (Å²) in [7, 11) is -2.51. The van der Waals surface area contributed by atoms with Crippen molar-refractivity contribution in [2.45, 2.75) is 11.5 Å². The maximum Gasteiger partial charge on any atom is 0.573 e. The number of furan rings is 1. The van der Waals surface area contributed by atoms with Gasteiger partial charge in [0.05, 0.1) is 17.5 Å². The molecule has 0 saturated carbocycles. The average molecular weight is 465 g/mol. The minimum absolute atomic E-state index is 0.00592. The number of carbonyl (C=O) groups is 1. The molecule has 0 aliphatic carbocycles. The third kappa shape index (κ3) is 3.96. The van der Waals surface area contributed by atoms with Crippen LogP contribution in [0.15, 0.2) is 52.2 Å². The molecule has 3 aromatic rings. The lowest BCUT2D eigenvalue weighted by atomic mass is 10.1. The van der Waals surface area contributed by atoms with Gasteiger partial charge in [-0.2, -0.15) is 0 Å². The Bertz CT molecular complexity index is 1350. The summed E-state index contributed by atoms with van der Waals surface area (Å²) in [5.41, 5.74) is -0.0494. The summed E-state index contributed by atoms with van der Waals surface area (Å²) in [6, 6.07) is 8.36. The standard InChI is InChI=1S/C20H14F3N3O5S/c1-26-12(10-11-6-3-4-7-13(11)31-20(21,22)23)16-15(18(26)27)17(14-8-5-9-30-14)25-19(24-16)32(2,28)29/h3-10H,1-2H3/b12-10-. The molecule has 1 aliphatic heterocycles. The van der Waals surface area contributed by atoms with Crippen LogP contribution in [0, 0.1) is 0 Å². The molecule has 0 unspecified atom stereocenters. The number of alkyl halides is 3. The number of aromatic nitrogens is 2. The Morgan fingerprint density at radius 1 is 1.09 bits per heavy atom. The first-order chi connectivity index (χ1) is 15.0. The molecule has 8 nitrogen and oxygen atoms in total. The fraction of sp³-hybridized carbons (Fsp3) is 0.150. The summed E-state index contributed by atoms with van der Waals surface area (Å²) in [5, 5.41) is -0.559. The fourth-order valence-corrected chi connectivity index (χ4v) is 3.67. The first-order valence-electron chi connectivity index (χ1n) is 8.96. The third-order valence-corrected chi connectivity index (χ3v) is 5.38. The van der Waals surface area contributed by atoms with Gasteiger partial charge in [-0.05, 0) is 24.3 Å². The number of sulfone groups is 1. The molecule has 1 amide bonds. The lowest BCUT2D eigenvalue weighted by molar-refractivity contribution is -0.274. The van der Waals surface area contributed by atoms with Gasteiger partial charge in [0.25, 0.3) is 5.91 Å². The van der Waals surface area contributed by atoms with Gasteiger partial charge in [0, 0.05) is 18.9 Å². The molecule has 12 heteroatoms. The number of ether oxygens (including phenoxy) is 1. The average Bonchev–Trinajstić information content (AvgIpc) is 3.31. The van der Waals surface area contributed by atoms with Crippen molar-refractivity contribution in [2.75, 3.05) is 13.3 Å². The molecule has 0 N–H and O–H groups in total. The number of fused-ring (bicyclic) bond motifs is 1.